The lowest BCUT2D eigenvalue weighted by Gasteiger charge is -1.94. The first-order valence-electron chi connectivity index (χ1n) is 3.42. The quantitative estimate of drug-likeness (QED) is 0.775. The van der Waals surface area contributed by atoms with E-state index in [-0.39, 0.29) is 5.56 Å². The van der Waals surface area contributed by atoms with Crippen LogP contribution in [0.2, 0.25) is 0 Å². The molecule has 2 N–H and O–H groups in total. The molecule has 0 bridgehead atoms. The molecule has 66 valence electrons. The third-order valence-corrected chi connectivity index (χ3v) is 2.43. The zero-order valence-electron chi connectivity index (χ0n) is 6.28. The Morgan fingerprint density at radius 2 is 2.38 bits per heavy atom. The van der Waals surface area contributed by atoms with Crippen molar-refractivity contribution in [1.29, 1.82) is 0 Å². The molecule has 0 aliphatic heterocycles. The number of aromatic nitrogens is 3. The van der Waals surface area contributed by atoms with Gasteiger partial charge in [0.2, 0.25) is 0 Å². The number of fused-ring (bicyclic) bond motifs is 1. The number of carboxylic acid groups (broad SMARTS) is 1. The maximum Gasteiger partial charge on any atom is 0.336 e. The van der Waals surface area contributed by atoms with Crippen molar-refractivity contribution in [2.45, 2.75) is 0 Å². The number of H-pyrrole nitrogens is 1. The van der Waals surface area contributed by atoms with Gasteiger partial charge < -0.3 is 5.11 Å². The standard InChI is InChI=1S/C7H4IN3O2/c8-5-4-3(7(12)13)1-2-9-6(4)11-10-5/h1-2H,(H,12,13)(H,9,10,11). The molecule has 0 aliphatic carbocycles. The van der Waals surface area contributed by atoms with E-state index in [4.69, 9.17) is 5.11 Å². The van der Waals surface area contributed by atoms with Gasteiger partial charge >= 0.3 is 5.97 Å². The van der Waals surface area contributed by atoms with Gasteiger partial charge in [-0.25, -0.2) is 9.78 Å². The van der Waals surface area contributed by atoms with E-state index >= 15 is 0 Å². The molecule has 0 atom stereocenters. The third-order valence-electron chi connectivity index (χ3n) is 1.65. The molecule has 5 nitrogen and oxygen atoms in total. The van der Waals surface area contributed by atoms with Crippen LogP contribution in [0.1, 0.15) is 10.4 Å². The summed E-state index contributed by atoms with van der Waals surface area (Å²) in [6.45, 7) is 0. The molecule has 0 aromatic carbocycles. The molecule has 2 aromatic rings. The fourth-order valence-corrected chi connectivity index (χ4v) is 1.76. The first-order chi connectivity index (χ1) is 6.20. The lowest BCUT2D eigenvalue weighted by atomic mass is 10.2. The number of pyridine rings is 1. The molecule has 2 heterocycles. The molecule has 0 spiro atoms. The van der Waals surface area contributed by atoms with Crippen molar-refractivity contribution in [3.05, 3.63) is 21.5 Å². The number of carbonyl (C=O) groups is 1. The van der Waals surface area contributed by atoms with E-state index in [1.165, 1.54) is 12.3 Å². The summed E-state index contributed by atoms with van der Waals surface area (Å²) >= 11 is 1.97. The zero-order valence-corrected chi connectivity index (χ0v) is 8.44. The normalized spacial score (nSPS) is 10.5. The van der Waals surface area contributed by atoms with Crippen molar-refractivity contribution in [2.24, 2.45) is 0 Å². The second-order valence-corrected chi connectivity index (χ2v) is 3.42. The van der Waals surface area contributed by atoms with Crippen molar-refractivity contribution in [3.8, 4) is 0 Å². The number of aromatic carboxylic acids is 1. The van der Waals surface area contributed by atoms with E-state index in [0.29, 0.717) is 14.7 Å². The largest absolute Gasteiger partial charge is 0.478 e. The number of nitrogens with zero attached hydrogens (tertiary/aromatic N) is 2. The van der Waals surface area contributed by atoms with Crippen LogP contribution in [0.3, 0.4) is 0 Å². The van der Waals surface area contributed by atoms with Gasteiger partial charge in [0.25, 0.3) is 0 Å². The van der Waals surface area contributed by atoms with Crippen molar-refractivity contribution in [3.63, 3.8) is 0 Å². The van der Waals surface area contributed by atoms with Crippen LogP contribution in [-0.4, -0.2) is 26.3 Å². The van der Waals surface area contributed by atoms with Crippen molar-refractivity contribution >= 4 is 39.6 Å². The van der Waals surface area contributed by atoms with Crippen molar-refractivity contribution < 1.29 is 9.90 Å². The summed E-state index contributed by atoms with van der Waals surface area (Å²) in [4.78, 5) is 14.8. The second kappa shape index (κ2) is 2.95. The second-order valence-electron chi connectivity index (χ2n) is 2.40. The molecule has 2 rings (SSSR count). The van der Waals surface area contributed by atoms with Gasteiger partial charge in [-0.3, -0.25) is 5.10 Å². The van der Waals surface area contributed by atoms with Crippen LogP contribution in [0.15, 0.2) is 12.3 Å². The SMILES string of the molecule is O=C(O)c1ccnc2[nH]nc(I)c12. The molecular formula is C7H4IN3O2. The van der Waals surface area contributed by atoms with E-state index in [1.807, 2.05) is 22.6 Å². The van der Waals surface area contributed by atoms with Gasteiger partial charge in [0.1, 0.15) is 3.70 Å². The smallest absolute Gasteiger partial charge is 0.336 e. The minimum Gasteiger partial charge on any atom is -0.478 e. The number of rotatable bonds is 1. The number of hydrogen-bond donors (Lipinski definition) is 2. The highest BCUT2D eigenvalue weighted by Gasteiger charge is 2.13. The summed E-state index contributed by atoms with van der Waals surface area (Å²) < 4.78 is 0.623. The Morgan fingerprint density at radius 3 is 3.08 bits per heavy atom. The molecule has 0 amide bonds. The van der Waals surface area contributed by atoms with E-state index in [0.717, 1.165) is 0 Å². The molecular weight excluding hydrogens is 285 g/mol. The summed E-state index contributed by atoms with van der Waals surface area (Å²) in [6, 6.07) is 1.46. The molecule has 0 saturated carbocycles. The lowest BCUT2D eigenvalue weighted by molar-refractivity contribution is 0.0699. The van der Waals surface area contributed by atoms with E-state index in [1.54, 1.807) is 0 Å². The first-order valence-corrected chi connectivity index (χ1v) is 4.50. The number of aromatic amines is 1. The predicted octanol–water partition coefficient (Wildman–Crippen LogP) is 1.26. The summed E-state index contributed by atoms with van der Waals surface area (Å²) in [6.07, 6.45) is 1.44. The van der Waals surface area contributed by atoms with Crippen LogP contribution in [0.5, 0.6) is 0 Å². The monoisotopic (exact) mass is 289 g/mol. The molecule has 13 heavy (non-hydrogen) atoms. The van der Waals surface area contributed by atoms with Crippen LogP contribution in [0, 0.1) is 3.70 Å². The van der Waals surface area contributed by atoms with Crippen LogP contribution in [0.4, 0.5) is 0 Å². The Kier molecular flexibility index (Phi) is 1.91. The van der Waals surface area contributed by atoms with E-state index in [9.17, 15) is 4.79 Å². The van der Waals surface area contributed by atoms with Gasteiger partial charge in [-0.1, -0.05) is 0 Å². The van der Waals surface area contributed by atoms with Gasteiger partial charge in [-0.2, -0.15) is 5.10 Å². The average molecular weight is 289 g/mol. The van der Waals surface area contributed by atoms with Crippen LogP contribution in [-0.2, 0) is 0 Å². The highest BCUT2D eigenvalue weighted by atomic mass is 127. The summed E-state index contributed by atoms with van der Waals surface area (Å²) in [5.41, 5.74) is 0.729. The first kappa shape index (κ1) is 8.42. The molecule has 0 unspecified atom stereocenters. The number of hydrogen-bond acceptors (Lipinski definition) is 3. The Morgan fingerprint density at radius 1 is 1.62 bits per heavy atom. The highest BCUT2D eigenvalue weighted by molar-refractivity contribution is 14.1. The average Bonchev–Trinajstić information content (AvgIpc) is 2.48. The minimum absolute atomic E-state index is 0.225. The minimum atomic E-state index is -0.966. The highest BCUT2D eigenvalue weighted by Crippen LogP contribution is 2.19. The maximum atomic E-state index is 10.8. The predicted molar refractivity (Wildman–Crippen MR) is 53.6 cm³/mol. The zero-order chi connectivity index (χ0) is 9.42. The Hall–Kier alpha value is -1.18. The number of halogens is 1. The number of nitrogens with one attached hydrogen (secondary N) is 1. The molecule has 2 aromatic heterocycles. The van der Waals surface area contributed by atoms with Crippen molar-refractivity contribution in [2.75, 3.05) is 0 Å². The molecule has 0 radical (unpaired) electrons. The lowest BCUT2D eigenvalue weighted by Crippen LogP contribution is -1.97. The molecule has 0 saturated heterocycles. The topological polar surface area (TPSA) is 78.9 Å². The molecule has 0 aliphatic rings. The van der Waals surface area contributed by atoms with Crippen molar-refractivity contribution in [1.82, 2.24) is 15.2 Å². The van der Waals surface area contributed by atoms with E-state index < -0.39 is 5.97 Å². The molecule has 6 heteroatoms. The number of carboxylic acids is 1. The van der Waals surface area contributed by atoms with Crippen LogP contribution >= 0.6 is 22.6 Å². The van der Waals surface area contributed by atoms with Crippen LogP contribution < -0.4 is 0 Å². The Balaban J connectivity index is 2.88. The van der Waals surface area contributed by atoms with Gasteiger partial charge in [-0.05, 0) is 28.7 Å². The summed E-state index contributed by atoms with van der Waals surface area (Å²) in [7, 11) is 0. The third kappa shape index (κ3) is 1.26. The van der Waals surface area contributed by atoms with Gasteiger partial charge in [0.05, 0.1) is 10.9 Å². The van der Waals surface area contributed by atoms with Gasteiger partial charge in [0.15, 0.2) is 5.65 Å². The van der Waals surface area contributed by atoms with Gasteiger partial charge in [0, 0.05) is 6.20 Å². The van der Waals surface area contributed by atoms with Crippen LogP contribution in [0.25, 0.3) is 11.0 Å². The summed E-state index contributed by atoms with van der Waals surface area (Å²) in [5.74, 6) is -0.966. The molecule has 0 fully saturated rings. The maximum absolute atomic E-state index is 10.8. The summed E-state index contributed by atoms with van der Waals surface area (Å²) in [5, 5.41) is 15.9. The van der Waals surface area contributed by atoms with Gasteiger partial charge in [-0.15, -0.1) is 0 Å². The fourth-order valence-electron chi connectivity index (χ4n) is 1.09. The fraction of sp³-hybridized carbons (Fsp3) is 0. The Labute approximate surface area is 86.3 Å². The Bertz CT molecular complexity index is 480. The van der Waals surface area contributed by atoms with E-state index in [2.05, 4.69) is 15.2 Å².